The molecule has 2 rings (SSSR count). The quantitative estimate of drug-likeness (QED) is 0.875. The van der Waals surface area contributed by atoms with Crippen LogP contribution >= 0.6 is 0 Å². The molecule has 0 saturated carbocycles. The van der Waals surface area contributed by atoms with Crippen molar-refractivity contribution in [3.8, 4) is 0 Å². The number of hydrogen-bond acceptors (Lipinski definition) is 3. The van der Waals surface area contributed by atoms with E-state index in [9.17, 15) is 4.79 Å². The van der Waals surface area contributed by atoms with Crippen LogP contribution in [0, 0.1) is 5.92 Å². The number of aromatic nitrogens is 2. The van der Waals surface area contributed by atoms with E-state index in [0.717, 1.165) is 44.7 Å². The molecular formula is C17H30N4O. The van der Waals surface area contributed by atoms with Crippen molar-refractivity contribution in [2.75, 3.05) is 13.1 Å². The van der Waals surface area contributed by atoms with E-state index in [0.29, 0.717) is 12.1 Å². The zero-order chi connectivity index (χ0) is 16.1. The van der Waals surface area contributed by atoms with Crippen LogP contribution in [-0.4, -0.2) is 45.5 Å². The Hall–Kier alpha value is -1.36. The number of piperidine rings is 1. The van der Waals surface area contributed by atoms with Gasteiger partial charge in [0.2, 0.25) is 5.91 Å². The molecule has 1 amide bonds. The van der Waals surface area contributed by atoms with Crippen molar-refractivity contribution in [1.82, 2.24) is 19.8 Å². The first-order chi connectivity index (χ1) is 10.5. The summed E-state index contributed by atoms with van der Waals surface area (Å²) in [6.45, 7) is 11.0. The molecule has 1 saturated heterocycles. The van der Waals surface area contributed by atoms with Crippen LogP contribution in [0.3, 0.4) is 0 Å². The zero-order valence-corrected chi connectivity index (χ0v) is 14.4. The van der Waals surface area contributed by atoms with Crippen LogP contribution in [0.4, 0.5) is 0 Å². The van der Waals surface area contributed by atoms with Gasteiger partial charge < -0.3 is 14.8 Å². The second-order valence-corrected chi connectivity index (χ2v) is 6.67. The van der Waals surface area contributed by atoms with E-state index in [4.69, 9.17) is 0 Å². The number of amides is 1. The standard InChI is InChI=1S/C17H30N4O/c1-5-16-18-8-11-21(16)12-14(4)19-15-6-9-20(10-7-15)17(22)13(2)3/h8,11,13-15,19H,5-7,9-10,12H2,1-4H3. The number of nitrogens with zero attached hydrogens (tertiary/aromatic N) is 3. The monoisotopic (exact) mass is 306 g/mol. The maximum Gasteiger partial charge on any atom is 0.225 e. The highest BCUT2D eigenvalue weighted by Gasteiger charge is 2.24. The molecule has 0 bridgehead atoms. The average Bonchev–Trinajstić information content (AvgIpc) is 2.94. The summed E-state index contributed by atoms with van der Waals surface area (Å²) in [5.41, 5.74) is 0. The Morgan fingerprint density at radius 3 is 2.64 bits per heavy atom. The number of carbonyl (C=O) groups excluding carboxylic acids is 1. The van der Waals surface area contributed by atoms with Gasteiger partial charge >= 0.3 is 0 Å². The fourth-order valence-corrected chi connectivity index (χ4v) is 3.20. The average molecular weight is 306 g/mol. The molecule has 5 heteroatoms. The van der Waals surface area contributed by atoms with E-state index in [2.05, 4.69) is 34.9 Å². The van der Waals surface area contributed by atoms with Crippen LogP contribution in [0.5, 0.6) is 0 Å². The Balaban J connectivity index is 1.77. The SMILES string of the molecule is CCc1nccn1CC(C)NC1CCN(C(=O)C(C)C)CC1. The summed E-state index contributed by atoms with van der Waals surface area (Å²) in [5.74, 6) is 1.54. The molecular weight excluding hydrogens is 276 g/mol. The Morgan fingerprint density at radius 2 is 2.05 bits per heavy atom. The van der Waals surface area contributed by atoms with E-state index >= 15 is 0 Å². The number of nitrogens with one attached hydrogen (secondary N) is 1. The summed E-state index contributed by atoms with van der Waals surface area (Å²) in [5, 5.41) is 3.71. The van der Waals surface area contributed by atoms with E-state index in [-0.39, 0.29) is 11.8 Å². The van der Waals surface area contributed by atoms with Gasteiger partial charge in [-0.15, -0.1) is 0 Å². The maximum absolute atomic E-state index is 12.0. The molecule has 0 aliphatic carbocycles. The van der Waals surface area contributed by atoms with E-state index in [1.54, 1.807) is 0 Å². The first kappa shape index (κ1) is 17.0. The Bertz CT molecular complexity index is 475. The summed E-state index contributed by atoms with van der Waals surface area (Å²) in [4.78, 5) is 18.4. The molecule has 1 aliphatic rings. The molecule has 1 aromatic rings. The Kier molecular flexibility index (Phi) is 6.00. The van der Waals surface area contributed by atoms with Gasteiger partial charge in [-0.25, -0.2) is 4.98 Å². The van der Waals surface area contributed by atoms with Crippen LogP contribution in [-0.2, 0) is 17.8 Å². The Morgan fingerprint density at radius 1 is 1.36 bits per heavy atom. The smallest absolute Gasteiger partial charge is 0.225 e. The molecule has 1 fully saturated rings. The number of carbonyl (C=O) groups is 1. The summed E-state index contributed by atoms with van der Waals surface area (Å²) in [6, 6.07) is 0.927. The van der Waals surface area contributed by atoms with Gasteiger partial charge in [-0.05, 0) is 19.8 Å². The lowest BCUT2D eigenvalue weighted by molar-refractivity contribution is -0.135. The topological polar surface area (TPSA) is 50.2 Å². The second kappa shape index (κ2) is 7.77. The molecule has 1 unspecified atom stereocenters. The van der Waals surface area contributed by atoms with Crippen molar-refractivity contribution in [3.05, 3.63) is 18.2 Å². The Labute approximate surface area is 134 Å². The van der Waals surface area contributed by atoms with Crippen LogP contribution < -0.4 is 5.32 Å². The fourth-order valence-electron chi connectivity index (χ4n) is 3.20. The lowest BCUT2D eigenvalue weighted by Gasteiger charge is -2.35. The first-order valence-corrected chi connectivity index (χ1v) is 8.56. The molecule has 2 heterocycles. The lowest BCUT2D eigenvalue weighted by atomic mass is 10.0. The second-order valence-electron chi connectivity index (χ2n) is 6.67. The number of imidazole rings is 1. The van der Waals surface area contributed by atoms with Crippen LogP contribution in [0.2, 0.25) is 0 Å². The summed E-state index contributed by atoms with van der Waals surface area (Å²) in [7, 11) is 0. The molecule has 1 aromatic heterocycles. The van der Waals surface area contributed by atoms with Crippen LogP contribution in [0.25, 0.3) is 0 Å². The number of hydrogen-bond donors (Lipinski definition) is 1. The molecule has 124 valence electrons. The molecule has 0 radical (unpaired) electrons. The van der Waals surface area contributed by atoms with E-state index < -0.39 is 0 Å². The predicted octanol–water partition coefficient (Wildman–Crippen LogP) is 2.07. The van der Waals surface area contributed by atoms with Gasteiger partial charge in [0.1, 0.15) is 5.82 Å². The first-order valence-electron chi connectivity index (χ1n) is 8.56. The van der Waals surface area contributed by atoms with Crippen LogP contribution in [0.15, 0.2) is 12.4 Å². The van der Waals surface area contributed by atoms with Gasteiger partial charge in [0, 0.05) is 56.5 Å². The van der Waals surface area contributed by atoms with Crippen molar-refractivity contribution in [2.45, 2.75) is 65.6 Å². The predicted molar refractivity (Wildman–Crippen MR) is 88.6 cm³/mol. The molecule has 22 heavy (non-hydrogen) atoms. The van der Waals surface area contributed by atoms with Crippen molar-refractivity contribution in [1.29, 1.82) is 0 Å². The van der Waals surface area contributed by atoms with Gasteiger partial charge in [-0.1, -0.05) is 20.8 Å². The summed E-state index contributed by atoms with van der Waals surface area (Å²) < 4.78 is 2.23. The normalized spacial score (nSPS) is 18.0. The number of aryl methyl sites for hydroxylation is 1. The molecule has 5 nitrogen and oxygen atoms in total. The summed E-state index contributed by atoms with van der Waals surface area (Å²) in [6.07, 6.45) is 7.00. The third-order valence-corrected chi connectivity index (χ3v) is 4.41. The zero-order valence-electron chi connectivity index (χ0n) is 14.4. The molecule has 0 spiro atoms. The fraction of sp³-hybridized carbons (Fsp3) is 0.765. The van der Waals surface area contributed by atoms with E-state index in [1.165, 1.54) is 0 Å². The van der Waals surface area contributed by atoms with E-state index in [1.807, 2.05) is 24.9 Å². The van der Waals surface area contributed by atoms with Crippen molar-refractivity contribution in [3.63, 3.8) is 0 Å². The third kappa shape index (κ3) is 4.32. The molecule has 1 atom stereocenters. The highest BCUT2D eigenvalue weighted by atomic mass is 16.2. The minimum atomic E-state index is 0.108. The number of rotatable bonds is 6. The highest BCUT2D eigenvalue weighted by Crippen LogP contribution is 2.14. The van der Waals surface area contributed by atoms with Crippen molar-refractivity contribution in [2.24, 2.45) is 5.92 Å². The van der Waals surface area contributed by atoms with Gasteiger partial charge in [-0.3, -0.25) is 4.79 Å². The lowest BCUT2D eigenvalue weighted by Crippen LogP contribution is -2.48. The van der Waals surface area contributed by atoms with Gasteiger partial charge in [0.05, 0.1) is 0 Å². The highest BCUT2D eigenvalue weighted by molar-refractivity contribution is 5.78. The van der Waals surface area contributed by atoms with Crippen molar-refractivity contribution < 1.29 is 4.79 Å². The minimum Gasteiger partial charge on any atom is -0.342 e. The van der Waals surface area contributed by atoms with Crippen molar-refractivity contribution >= 4 is 5.91 Å². The van der Waals surface area contributed by atoms with Gasteiger partial charge in [0.25, 0.3) is 0 Å². The summed E-state index contributed by atoms with van der Waals surface area (Å²) >= 11 is 0. The molecule has 1 aliphatic heterocycles. The van der Waals surface area contributed by atoms with Crippen LogP contribution in [0.1, 0.15) is 46.4 Å². The maximum atomic E-state index is 12.0. The number of likely N-dealkylation sites (tertiary alicyclic amines) is 1. The largest absolute Gasteiger partial charge is 0.342 e. The van der Waals surface area contributed by atoms with Gasteiger partial charge in [0.15, 0.2) is 0 Å². The molecule has 0 aromatic carbocycles. The van der Waals surface area contributed by atoms with Gasteiger partial charge in [-0.2, -0.15) is 0 Å². The third-order valence-electron chi connectivity index (χ3n) is 4.41. The molecule has 1 N–H and O–H groups in total. The minimum absolute atomic E-state index is 0.108.